The first-order valence-corrected chi connectivity index (χ1v) is 16.8. The zero-order valence-corrected chi connectivity index (χ0v) is 26.4. The highest BCUT2D eigenvalue weighted by Gasteiger charge is 2.35. The maximum Gasteiger partial charge on any atom is 0.264 e. The minimum absolute atomic E-state index is 0.0172. The first kappa shape index (κ1) is 32.8. The fourth-order valence-corrected chi connectivity index (χ4v) is 7.10. The minimum Gasteiger partial charge on any atom is -0.352 e. The fourth-order valence-electron chi connectivity index (χ4n) is 5.68. The average Bonchev–Trinajstić information content (AvgIpc) is 3.56. The molecular formula is C36H37F2N3O4S. The van der Waals surface area contributed by atoms with E-state index in [2.05, 4.69) is 5.32 Å². The summed E-state index contributed by atoms with van der Waals surface area (Å²) in [6, 6.07) is 25.0. The molecular weight excluding hydrogens is 608 g/mol. The van der Waals surface area contributed by atoms with Gasteiger partial charge in [0.15, 0.2) is 0 Å². The molecule has 7 nitrogen and oxygen atoms in total. The molecule has 4 aromatic rings. The lowest BCUT2D eigenvalue weighted by Gasteiger charge is -2.34. The normalized spacial score (nSPS) is 14.1. The highest BCUT2D eigenvalue weighted by Crippen LogP contribution is 2.26. The Balaban J connectivity index is 1.55. The van der Waals surface area contributed by atoms with E-state index in [-0.39, 0.29) is 35.5 Å². The van der Waals surface area contributed by atoms with E-state index in [4.69, 9.17) is 0 Å². The molecule has 1 saturated carbocycles. The van der Waals surface area contributed by atoms with Crippen LogP contribution in [0.2, 0.25) is 0 Å². The zero-order chi connectivity index (χ0) is 32.7. The van der Waals surface area contributed by atoms with Crippen molar-refractivity contribution in [3.63, 3.8) is 0 Å². The predicted molar refractivity (Wildman–Crippen MR) is 173 cm³/mol. The number of sulfonamides is 1. The van der Waals surface area contributed by atoms with Crippen LogP contribution in [0.4, 0.5) is 14.5 Å². The number of rotatable bonds is 12. The number of aryl methyl sites for hydroxylation is 1. The Morgan fingerprint density at radius 2 is 1.39 bits per heavy atom. The van der Waals surface area contributed by atoms with Crippen molar-refractivity contribution in [2.24, 2.45) is 0 Å². The topological polar surface area (TPSA) is 86.8 Å². The molecule has 0 spiro atoms. The summed E-state index contributed by atoms with van der Waals surface area (Å²) in [6.45, 7) is 1.16. The molecule has 0 unspecified atom stereocenters. The Kier molecular flexibility index (Phi) is 10.5. The molecule has 240 valence electrons. The van der Waals surface area contributed by atoms with Gasteiger partial charge >= 0.3 is 0 Å². The number of halogens is 2. The largest absolute Gasteiger partial charge is 0.352 e. The lowest BCUT2D eigenvalue weighted by Crippen LogP contribution is -2.54. The van der Waals surface area contributed by atoms with Gasteiger partial charge in [-0.05, 0) is 79.4 Å². The summed E-state index contributed by atoms with van der Waals surface area (Å²) in [5.41, 5.74) is 2.52. The van der Waals surface area contributed by atoms with Gasteiger partial charge in [0, 0.05) is 19.0 Å². The molecule has 1 fully saturated rings. The second-order valence-electron chi connectivity index (χ2n) is 11.6. The van der Waals surface area contributed by atoms with Gasteiger partial charge in [0.25, 0.3) is 10.0 Å². The van der Waals surface area contributed by atoms with Gasteiger partial charge in [0.2, 0.25) is 11.8 Å². The average molecular weight is 646 g/mol. The van der Waals surface area contributed by atoms with Crippen LogP contribution in [0.1, 0.15) is 42.4 Å². The van der Waals surface area contributed by atoms with Crippen molar-refractivity contribution >= 4 is 27.5 Å². The molecule has 1 aliphatic rings. The maximum absolute atomic E-state index is 14.5. The van der Waals surface area contributed by atoms with E-state index in [9.17, 15) is 26.8 Å². The predicted octanol–water partition coefficient (Wildman–Crippen LogP) is 6.17. The van der Waals surface area contributed by atoms with E-state index >= 15 is 0 Å². The molecule has 1 N–H and O–H groups in total. The van der Waals surface area contributed by atoms with E-state index in [1.165, 1.54) is 29.2 Å². The molecule has 10 heteroatoms. The van der Waals surface area contributed by atoms with Crippen LogP contribution in [-0.4, -0.2) is 43.8 Å². The molecule has 46 heavy (non-hydrogen) atoms. The number of carbonyl (C=O) groups is 2. The molecule has 0 saturated heterocycles. The third-order valence-corrected chi connectivity index (χ3v) is 10.0. The number of hydrogen-bond acceptors (Lipinski definition) is 4. The molecule has 0 aromatic heterocycles. The lowest BCUT2D eigenvalue weighted by atomic mass is 10.0. The quantitative estimate of drug-likeness (QED) is 0.200. The SMILES string of the molecule is Cc1ccc(N(CC(=O)N(Cc2ccc(F)cc2)[C@H](Cc2ccccc2)C(=O)NC2CCCC2)S(=O)(=O)c2ccc(F)cc2)cc1. The van der Waals surface area contributed by atoms with Crippen LogP contribution >= 0.6 is 0 Å². The van der Waals surface area contributed by atoms with Gasteiger partial charge in [-0.3, -0.25) is 13.9 Å². The van der Waals surface area contributed by atoms with Crippen molar-refractivity contribution in [1.82, 2.24) is 10.2 Å². The van der Waals surface area contributed by atoms with Gasteiger partial charge in [0.1, 0.15) is 24.2 Å². The van der Waals surface area contributed by atoms with E-state index in [0.29, 0.717) is 5.56 Å². The summed E-state index contributed by atoms with van der Waals surface area (Å²) in [5, 5.41) is 3.12. The van der Waals surface area contributed by atoms with E-state index in [1.807, 2.05) is 37.3 Å². The summed E-state index contributed by atoms with van der Waals surface area (Å²) in [4.78, 5) is 29.7. The van der Waals surface area contributed by atoms with Crippen LogP contribution < -0.4 is 9.62 Å². The molecule has 1 atom stereocenters. The lowest BCUT2D eigenvalue weighted by molar-refractivity contribution is -0.140. The molecule has 2 amide bonds. The van der Waals surface area contributed by atoms with Gasteiger partial charge in [-0.1, -0.05) is 73.0 Å². The van der Waals surface area contributed by atoms with Crippen LogP contribution in [0.25, 0.3) is 0 Å². The first-order valence-electron chi connectivity index (χ1n) is 15.3. The summed E-state index contributed by atoms with van der Waals surface area (Å²) in [7, 11) is -4.35. The molecule has 5 rings (SSSR count). The van der Waals surface area contributed by atoms with Crippen molar-refractivity contribution in [3.8, 4) is 0 Å². The Hall–Kier alpha value is -4.57. The van der Waals surface area contributed by atoms with Crippen molar-refractivity contribution in [1.29, 1.82) is 0 Å². The van der Waals surface area contributed by atoms with Crippen molar-refractivity contribution < 1.29 is 26.8 Å². The second kappa shape index (κ2) is 14.7. The van der Waals surface area contributed by atoms with E-state index in [1.54, 1.807) is 24.3 Å². The Labute approximate surface area is 268 Å². The number of hydrogen-bond donors (Lipinski definition) is 1. The Bertz CT molecular complexity index is 1730. The molecule has 0 aliphatic heterocycles. The third kappa shape index (κ3) is 8.17. The number of nitrogens with zero attached hydrogens (tertiary/aromatic N) is 2. The Morgan fingerprint density at radius 1 is 0.804 bits per heavy atom. The molecule has 1 aliphatic carbocycles. The number of anilines is 1. The number of carbonyl (C=O) groups excluding carboxylic acids is 2. The third-order valence-electron chi connectivity index (χ3n) is 8.24. The first-order chi connectivity index (χ1) is 22.1. The van der Waals surface area contributed by atoms with Gasteiger partial charge in [-0.15, -0.1) is 0 Å². The molecule has 0 heterocycles. The van der Waals surface area contributed by atoms with Gasteiger partial charge in [-0.2, -0.15) is 0 Å². The number of nitrogens with one attached hydrogen (secondary N) is 1. The van der Waals surface area contributed by atoms with Crippen molar-refractivity contribution in [3.05, 3.63) is 131 Å². The molecule has 0 radical (unpaired) electrons. The van der Waals surface area contributed by atoms with Gasteiger partial charge in [-0.25, -0.2) is 17.2 Å². The van der Waals surface area contributed by atoms with Crippen LogP contribution in [-0.2, 0) is 32.6 Å². The molecule has 0 bridgehead atoms. The number of benzene rings is 4. The van der Waals surface area contributed by atoms with E-state index < -0.39 is 40.2 Å². The van der Waals surface area contributed by atoms with Crippen molar-refractivity contribution in [2.45, 2.75) is 62.6 Å². The minimum atomic E-state index is -4.35. The molecule has 4 aromatic carbocycles. The van der Waals surface area contributed by atoms with Crippen molar-refractivity contribution in [2.75, 3.05) is 10.8 Å². The highest BCUT2D eigenvalue weighted by molar-refractivity contribution is 7.92. The maximum atomic E-state index is 14.5. The summed E-state index contributed by atoms with van der Waals surface area (Å²) < 4.78 is 56.6. The van der Waals surface area contributed by atoms with Crippen LogP contribution in [0.3, 0.4) is 0 Å². The Morgan fingerprint density at radius 3 is 2.00 bits per heavy atom. The smallest absolute Gasteiger partial charge is 0.264 e. The van der Waals surface area contributed by atoms with E-state index in [0.717, 1.165) is 65.4 Å². The second-order valence-corrected chi connectivity index (χ2v) is 13.5. The van der Waals surface area contributed by atoms with Crippen LogP contribution in [0.15, 0.2) is 108 Å². The summed E-state index contributed by atoms with van der Waals surface area (Å²) >= 11 is 0. The zero-order valence-electron chi connectivity index (χ0n) is 25.6. The van der Waals surface area contributed by atoms with Crippen LogP contribution in [0, 0.1) is 18.6 Å². The van der Waals surface area contributed by atoms with Gasteiger partial charge in [0.05, 0.1) is 10.6 Å². The monoisotopic (exact) mass is 645 g/mol. The standard InChI is InChI=1S/C36H37F2N3O4S/c1-26-11-19-32(20-12-26)41(46(44,45)33-21-17-30(38)18-22-33)25-35(42)40(24-28-13-15-29(37)16-14-28)34(23-27-7-3-2-4-8-27)36(43)39-31-9-5-6-10-31/h2-4,7-8,11-22,31,34H,5-6,9-10,23-25H2,1H3,(H,39,43)/t34-/m1/s1. The summed E-state index contributed by atoms with van der Waals surface area (Å²) in [6.07, 6.45) is 3.86. The van der Waals surface area contributed by atoms with Gasteiger partial charge < -0.3 is 10.2 Å². The highest BCUT2D eigenvalue weighted by atomic mass is 32.2. The summed E-state index contributed by atoms with van der Waals surface area (Å²) in [5.74, 6) is -2.01. The van der Waals surface area contributed by atoms with Crippen LogP contribution in [0.5, 0.6) is 0 Å². The number of amides is 2. The fraction of sp³-hybridized carbons (Fsp3) is 0.278.